The van der Waals surface area contributed by atoms with E-state index in [1.807, 2.05) is 32.0 Å². The van der Waals surface area contributed by atoms with E-state index in [2.05, 4.69) is 20.7 Å². The molecule has 174 valence electrons. The van der Waals surface area contributed by atoms with E-state index in [1.165, 1.54) is 6.07 Å². The lowest BCUT2D eigenvalue weighted by Crippen LogP contribution is -2.22. The third kappa shape index (κ3) is 5.16. The lowest BCUT2D eigenvalue weighted by Gasteiger charge is -2.07. The van der Waals surface area contributed by atoms with E-state index in [9.17, 15) is 14.0 Å². The van der Waals surface area contributed by atoms with Crippen molar-refractivity contribution in [1.82, 2.24) is 20.1 Å². The second kappa shape index (κ2) is 9.74. The van der Waals surface area contributed by atoms with Gasteiger partial charge in [-0.3, -0.25) is 9.59 Å². The molecule has 0 aliphatic carbocycles. The zero-order chi connectivity index (χ0) is 24.4. The fraction of sp³-hybridized carbons (Fsp3) is 0.167. The second-order valence-corrected chi connectivity index (χ2v) is 9.21. The Bertz CT molecular complexity index is 1380. The monoisotopic (exact) mass is 497 g/mol. The maximum absolute atomic E-state index is 13.2. The Morgan fingerprint density at radius 1 is 1.09 bits per heavy atom. The molecule has 0 bridgehead atoms. The van der Waals surface area contributed by atoms with Crippen molar-refractivity contribution in [3.05, 3.63) is 92.5 Å². The average molecular weight is 498 g/mol. The highest BCUT2D eigenvalue weighted by molar-refractivity contribution is 7.18. The van der Waals surface area contributed by atoms with Crippen molar-refractivity contribution in [2.45, 2.75) is 27.3 Å². The van der Waals surface area contributed by atoms with Gasteiger partial charge in [-0.1, -0.05) is 17.7 Å². The van der Waals surface area contributed by atoms with Gasteiger partial charge in [-0.15, -0.1) is 11.3 Å². The summed E-state index contributed by atoms with van der Waals surface area (Å²) in [7, 11) is 0. The lowest BCUT2D eigenvalue weighted by molar-refractivity contribution is 0.0953. The van der Waals surface area contributed by atoms with Crippen LogP contribution in [0, 0.1) is 26.6 Å². The first kappa shape index (κ1) is 23.6. The molecule has 0 unspecified atom stereocenters. The van der Waals surface area contributed by atoms with Gasteiger partial charge < -0.3 is 10.6 Å². The smallest absolute Gasteiger partial charge is 0.261 e. The van der Waals surface area contributed by atoms with Gasteiger partial charge in [0.05, 0.1) is 26.2 Å². The van der Waals surface area contributed by atoms with E-state index < -0.39 is 11.7 Å². The van der Waals surface area contributed by atoms with E-state index in [0.717, 1.165) is 46.0 Å². The Morgan fingerprint density at radius 3 is 2.53 bits per heavy atom. The summed E-state index contributed by atoms with van der Waals surface area (Å²) in [6.45, 7) is 5.98. The van der Waals surface area contributed by atoms with Crippen LogP contribution in [0.15, 0.2) is 48.7 Å². The zero-order valence-corrected chi connectivity index (χ0v) is 20.2. The summed E-state index contributed by atoms with van der Waals surface area (Å²) >= 11 is 7.11. The Hall–Kier alpha value is -3.56. The number of rotatable bonds is 6. The molecule has 0 atom stereocenters. The van der Waals surface area contributed by atoms with Crippen LogP contribution >= 0.6 is 22.9 Å². The number of carbonyl (C=O) groups is 2. The minimum absolute atomic E-state index is 0.0150. The molecule has 4 aromatic rings. The Kier molecular flexibility index (Phi) is 6.76. The number of hydrogen-bond acceptors (Lipinski definition) is 5. The molecule has 4 rings (SSSR count). The van der Waals surface area contributed by atoms with Crippen molar-refractivity contribution < 1.29 is 14.0 Å². The van der Waals surface area contributed by atoms with Crippen molar-refractivity contribution in [2.75, 3.05) is 5.32 Å². The fourth-order valence-corrected chi connectivity index (χ4v) is 4.63. The molecule has 10 heteroatoms. The van der Waals surface area contributed by atoms with Gasteiger partial charge in [0.1, 0.15) is 5.82 Å². The first-order valence-electron chi connectivity index (χ1n) is 10.3. The number of halogens is 2. The number of amides is 2. The fourth-order valence-electron chi connectivity index (χ4n) is 3.39. The number of nitrogens with zero attached hydrogens (tertiary/aromatic N) is 3. The number of anilines is 1. The summed E-state index contributed by atoms with van der Waals surface area (Å²) in [5.41, 5.74) is 3.62. The number of hydrogen-bond donors (Lipinski definition) is 2. The molecule has 3 aromatic heterocycles. The maximum atomic E-state index is 13.2. The van der Waals surface area contributed by atoms with Crippen LogP contribution in [0.25, 0.3) is 5.82 Å². The van der Waals surface area contributed by atoms with E-state index in [-0.39, 0.29) is 16.5 Å². The SMILES string of the molecule is Cc1cc(C)n(-c2ccc(CNC(=O)c3sc(NC(=O)c4ccc(F)cc4Cl)cc3C)cn2)n1. The highest BCUT2D eigenvalue weighted by Gasteiger charge is 2.17. The molecular weight excluding hydrogens is 477 g/mol. The van der Waals surface area contributed by atoms with E-state index in [1.54, 1.807) is 23.9 Å². The van der Waals surface area contributed by atoms with Gasteiger partial charge in [0.2, 0.25) is 0 Å². The van der Waals surface area contributed by atoms with Crippen LogP contribution < -0.4 is 10.6 Å². The van der Waals surface area contributed by atoms with Crippen LogP contribution in [0.5, 0.6) is 0 Å². The molecule has 2 amide bonds. The van der Waals surface area contributed by atoms with Crippen molar-refractivity contribution in [2.24, 2.45) is 0 Å². The quantitative estimate of drug-likeness (QED) is 0.382. The third-order valence-electron chi connectivity index (χ3n) is 5.03. The Labute approximate surface area is 204 Å². The number of thiophene rings is 1. The Balaban J connectivity index is 1.39. The van der Waals surface area contributed by atoms with Gasteiger partial charge in [0.15, 0.2) is 5.82 Å². The average Bonchev–Trinajstić information content (AvgIpc) is 3.32. The molecule has 1 aromatic carbocycles. The minimum Gasteiger partial charge on any atom is -0.347 e. The number of nitrogens with one attached hydrogen (secondary N) is 2. The molecule has 0 saturated carbocycles. The van der Waals surface area contributed by atoms with Crippen molar-refractivity contribution in [1.29, 1.82) is 0 Å². The first-order valence-corrected chi connectivity index (χ1v) is 11.5. The predicted octanol–water partition coefficient (Wildman–Crippen LogP) is 5.23. The minimum atomic E-state index is -0.524. The number of aromatic nitrogens is 3. The van der Waals surface area contributed by atoms with Crippen LogP contribution in [0.1, 0.15) is 42.5 Å². The van der Waals surface area contributed by atoms with Gasteiger partial charge in [-0.05, 0) is 68.3 Å². The molecule has 3 heterocycles. The summed E-state index contributed by atoms with van der Waals surface area (Å²) in [6, 6.07) is 11.0. The predicted molar refractivity (Wildman–Crippen MR) is 130 cm³/mol. The zero-order valence-electron chi connectivity index (χ0n) is 18.6. The summed E-state index contributed by atoms with van der Waals surface area (Å²) in [4.78, 5) is 30.1. The maximum Gasteiger partial charge on any atom is 0.261 e. The summed E-state index contributed by atoms with van der Waals surface area (Å²) in [6.07, 6.45) is 1.70. The molecule has 0 spiro atoms. The van der Waals surface area contributed by atoms with Crippen LogP contribution in [-0.2, 0) is 6.54 Å². The molecule has 34 heavy (non-hydrogen) atoms. The van der Waals surface area contributed by atoms with Crippen molar-refractivity contribution in [3.63, 3.8) is 0 Å². The topological polar surface area (TPSA) is 88.9 Å². The first-order chi connectivity index (χ1) is 16.2. The van der Waals surface area contributed by atoms with Gasteiger partial charge in [-0.25, -0.2) is 14.1 Å². The Morgan fingerprint density at radius 2 is 1.88 bits per heavy atom. The number of carbonyl (C=O) groups excluding carboxylic acids is 2. The van der Waals surface area contributed by atoms with E-state index in [0.29, 0.717) is 22.2 Å². The van der Waals surface area contributed by atoms with Crippen molar-refractivity contribution in [3.8, 4) is 5.82 Å². The summed E-state index contributed by atoms with van der Waals surface area (Å²) in [5, 5.41) is 10.5. The molecule has 0 saturated heterocycles. The largest absolute Gasteiger partial charge is 0.347 e. The van der Waals surface area contributed by atoms with E-state index >= 15 is 0 Å². The van der Waals surface area contributed by atoms with Crippen LogP contribution in [0.4, 0.5) is 9.39 Å². The normalized spacial score (nSPS) is 10.9. The standard InChI is InChI=1S/C24H21ClFN5O2S/c1-13-8-21(29-23(32)18-6-5-17(26)10-19(18)25)34-22(13)24(33)28-12-16-4-7-20(27-11-16)31-15(3)9-14(2)30-31/h4-11H,12H2,1-3H3,(H,28,33)(H,29,32). The molecule has 0 fully saturated rings. The highest BCUT2D eigenvalue weighted by atomic mass is 35.5. The highest BCUT2D eigenvalue weighted by Crippen LogP contribution is 2.28. The van der Waals surface area contributed by atoms with Crippen LogP contribution in [0.3, 0.4) is 0 Å². The number of aryl methyl sites for hydroxylation is 3. The van der Waals surface area contributed by atoms with Gasteiger partial charge >= 0.3 is 0 Å². The molecule has 7 nitrogen and oxygen atoms in total. The molecule has 0 aliphatic rings. The molecular formula is C24H21ClFN5O2S. The number of pyridine rings is 1. The molecule has 0 radical (unpaired) electrons. The van der Waals surface area contributed by atoms with E-state index in [4.69, 9.17) is 11.6 Å². The van der Waals surface area contributed by atoms with Gasteiger partial charge in [0.25, 0.3) is 11.8 Å². The summed E-state index contributed by atoms with van der Waals surface area (Å²) in [5.74, 6) is -0.558. The van der Waals surface area contributed by atoms with Gasteiger partial charge in [-0.2, -0.15) is 5.10 Å². The second-order valence-electron chi connectivity index (χ2n) is 7.75. The van der Waals surface area contributed by atoms with Crippen LogP contribution in [0.2, 0.25) is 5.02 Å². The van der Waals surface area contributed by atoms with Crippen LogP contribution in [-0.4, -0.2) is 26.6 Å². The van der Waals surface area contributed by atoms with Crippen molar-refractivity contribution >= 4 is 39.8 Å². The third-order valence-corrected chi connectivity index (χ3v) is 6.49. The summed E-state index contributed by atoms with van der Waals surface area (Å²) < 4.78 is 15.0. The number of benzene rings is 1. The molecule has 2 N–H and O–H groups in total. The van der Waals surface area contributed by atoms with Gasteiger partial charge in [0, 0.05) is 18.4 Å². The lowest BCUT2D eigenvalue weighted by atomic mass is 10.2. The molecule has 0 aliphatic heterocycles.